The zero-order valence-corrected chi connectivity index (χ0v) is 20.3. The van der Waals surface area contributed by atoms with Gasteiger partial charge in [-0.15, -0.1) is 5.06 Å². The van der Waals surface area contributed by atoms with Gasteiger partial charge in [0.1, 0.15) is 30.5 Å². The molecule has 1 amide bonds. The predicted molar refractivity (Wildman–Crippen MR) is 130 cm³/mol. The predicted octanol–water partition coefficient (Wildman–Crippen LogP) is 4.37. The van der Waals surface area contributed by atoms with Crippen molar-refractivity contribution >= 4 is 39.6 Å². The number of amides is 1. The molecule has 2 aromatic rings. The molecule has 0 atom stereocenters. The summed E-state index contributed by atoms with van der Waals surface area (Å²) in [5.74, 6) is 2.66. The van der Waals surface area contributed by atoms with Gasteiger partial charge in [-0.1, -0.05) is 0 Å². The van der Waals surface area contributed by atoms with Crippen LogP contribution in [0.2, 0.25) is 0 Å². The lowest BCUT2D eigenvalue weighted by Crippen LogP contribution is -2.38. The molecular weight excluding hydrogens is 506 g/mol. The van der Waals surface area contributed by atoms with E-state index in [9.17, 15) is 4.79 Å². The van der Waals surface area contributed by atoms with E-state index in [1.165, 1.54) is 12.2 Å². The number of amidine groups is 2. The lowest BCUT2D eigenvalue weighted by molar-refractivity contribution is -0.114. The van der Waals surface area contributed by atoms with Crippen LogP contribution in [0.1, 0.15) is 12.5 Å². The van der Waals surface area contributed by atoms with Crippen LogP contribution in [0.4, 0.5) is 0 Å². The third-order valence-corrected chi connectivity index (χ3v) is 5.49. The summed E-state index contributed by atoms with van der Waals surface area (Å²) in [4.78, 5) is 21.9. The van der Waals surface area contributed by atoms with Crippen molar-refractivity contribution < 1.29 is 28.6 Å². The largest absolute Gasteiger partial charge is 0.497 e. The number of hydroxylamine groups is 2. The van der Waals surface area contributed by atoms with E-state index in [1.54, 1.807) is 38.3 Å². The average molecular weight is 528 g/mol. The lowest BCUT2D eigenvalue weighted by atomic mass is 10.1. The fourth-order valence-corrected chi connectivity index (χ4v) is 3.88. The summed E-state index contributed by atoms with van der Waals surface area (Å²) in [7, 11) is 3.13. The number of methoxy groups -OCH3 is 2. The molecule has 0 radical (unpaired) electrons. The van der Waals surface area contributed by atoms with Crippen LogP contribution in [-0.2, 0) is 9.63 Å². The Labute approximate surface area is 204 Å². The SMILES string of the molecule is COc1ccc(OCCOc2c(Br)cc(/C=C3\C(=N)N4OC(C)=CC4=NC3=O)cc2OC)cc1. The number of fused-ring (bicyclic) bond motifs is 1. The van der Waals surface area contributed by atoms with Crippen molar-refractivity contribution in [3.8, 4) is 23.0 Å². The third kappa shape index (κ3) is 4.91. The number of benzene rings is 2. The van der Waals surface area contributed by atoms with Gasteiger partial charge in [0.25, 0.3) is 5.91 Å². The summed E-state index contributed by atoms with van der Waals surface area (Å²) >= 11 is 3.50. The van der Waals surface area contributed by atoms with Crippen LogP contribution in [0.15, 0.2) is 63.3 Å². The molecule has 34 heavy (non-hydrogen) atoms. The Hall–Kier alpha value is -3.79. The minimum Gasteiger partial charge on any atom is -0.497 e. The van der Waals surface area contributed by atoms with Gasteiger partial charge in [0.15, 0.2) is 23.2 Å². The Kier molecular flexibility index (Phi) is 6.87. The highest BCUT2D eigenvalue weighted by molar-refractivity contribution is 9.10. The molecule has 0 aromatic heterocycles. The number of nitrogens with zero attached hydrogens (tertiary/aromatic N) is 2. The summed E-state index contributed by atoms with van der Waals surface area (Å²) in [6, 6.07) is 10.8. The van der Waals surface area contributed by atoms with Gasteiger partial charge in [-0.25, -0.2) is 0 Å². The van der Waals surface area contributed by atoms with Gasteiger partial charge in [0.05, 0.1) is 24.3 Å². The van der Waals surface area contributed by atoms with Gasteiger partial charge >= 0.3 is 0 Å². The molecule has 4 rings (SSSR count). The second kappa shape index (κ2) is 10.0. The molecule has 2 aromatic carbocycles. The molecule has 2 heterocycles. The van der Waals surface area contributed by atoms with E-state index in [2.05, 4.69) is 20.9 Å². The first-order chi connectivity index (χ1) is 16.4. The zero-order valence-electron chi connectivity index (χ0n) is 18.8. The maximum Gasteiger partial charge on any atom is 0.282 e. The van der Waals surface area contributed by atoms with E-state index < -0.39 is 5.91 Å². The van der Waals surface area contributed by atoms with Crippen LogP contribution in [0, 0.1) is 5.41 Å². The summed E-state index contributed by atoms with van der Waals surface area (Å²) in [5.41, 5.74) is 0.726. The number of hydrogen-bond acceptors (Lipinski definition) is 7. The van der Waals surface area contributed by atoms with Crippen LogP contribution in [0.5, 0.6) is 23.0 Å². The first kappa shape index (κ1) is 23.4. The maximum atomic E-state index is 12.5. The summed E-state index contributed by atoms with van der Waals surface area (Å²) in [6.45, 7) is 2.33. The minimum absolute atomic E-state index is 0.0887. The first-order valence-electron chi connectivity index (χ1n) is 10.3. The average Bonchev–Trinajstić information content (AvgIpc) is 3.20. The van der Waals surface area contributed by atoms with E-state index in [-0.39, 0.29) is 18.0 Å². The van der Waals surface area contributed by atoms with Crippen molar-refractivity contribution in [2.45, 2.75) is 6.92 Å². The molecule has 176 valence electrons. The summed E-state index contributed by atoms with van der Waals surface area (Å²) < 4.78 is 22.8. The Morgan fingerprint density at radius 1 is 1.09 bits per heavy atom. The zero-order chi connectivity index (χ0) is 24.2. The molecule has 9 nitrogen and oxygen atoms in total. The molecule has 0 saturated heterocycles. The van der Waals surface area contributed by atoms with E-state index in [1.807, 2.05) is 24.3 Å². The molecule has 0 spiro atoms. The van der Waals surface area contributed by atoms with E-state index in [0.29, 0.717) is 45.5 Å². The first-order valence-corrected chi connectivity index (χ1v) is 11.1. The van der Waals surface area contributed by atoms with Crippen molar-refractivity contribution in [2.75, 3.05) is 27.4 Å². The van der Waals surface area contributed by atoms with Crippen LogP contribution >= 0.6 is 15.9 Å². The van der Waals surface area contributed by atoms with Crippen molar-refractivity contribution in [1.82, 2.24) is 5.06 Å². The van der Waals surface area contributed by atoms with E-state index in [0.717, 1.165) is 5.75 Å². The fourth-order valence-electron chi connectivity index (χ4n) is 3.31. The molecule has 0 saturated carbocycles. The van der Waals surface area contributed by atoms with Gasteiger partial charge in [-0.2, -0.15) is 4.99 Å². The molecule has 0 bridgehead atoms. The second-order valence-electron chi connectivity index (χ2n) is 7.23. The van der Waals surface area contributed by atoms with Gasteiger partial charge in [-0.3, -0.25) is 10.2 Å². The minimum atomic E-state index is -0.517. The molecule has 2 aliphatic heterocycles. The number of aliphatic imine (C=N–C) groups is 1. The maximum absolute atomic E-state index is 12.5. The number of carbonyl (C=O) groups excluding carboxylic acids is 1. The number of carbonyl (C=O) groups is 1. The van der Waals surface area contributed by atoms with Crippen molar-refractivity contribution in [2.24, 2.45) is 4.99 Å². The molecule has 0 unspecified atom stereocenters. The highest BCUT2D eigenvalue weighted by Crippen LogP contribution is 2.37. The number of halogens is 1. The standard InChI is InChI=1S/C24H22BrN3O6/c1-14-10-21-27-24(29)18(23(26)28(21)34-14)11-15-12-19(25)22(20(13-15)31-3)33-9-8-32-17-6-4-16(30-2)5-7-17/h4-7,10-13,26H,8-9H2,1-3H3/b18-11+,26-23?. The number of rotatable bonds is 8. The quantitative estimate of drug-likeness (QED) is 0.401. The molecule has 2 aliphatic rings. The van der Waals surface area contributed by atoms with Crippen LogP contribution in [0.3, 0.4) is 0 Å². The van der Waals surface area contributed by atoms with E-state index >= 15 is 0 Å². The van der Waals surface area contributed by atoms with Crippen LogP contribution in [0.25, 0.3) is 6.08 Å². The number of allylic oxidation sites excluding steroid dienone is 1. The Balaban J connectivity index is 1.45. The Bertz CT molecular complexity index is 1220. The van der Waals surface area contributed by atoms with Crippen molar-refractivity contribution in [3.63, 3.8) is 0 Å². The third-order valence-electron chi connectivity index (χ3n) is 4.90. The van der Waals surface area contributed by atoms with Crippen molar-refractivity contribution in [3.05, 3.63) is 63.8 Å². The van der Waals surface area contributed by atoms with Gasteiger partial charge < -0.3 is 23.8 Å². The topological polar surface area (TPSA) is 103 Å². The van der Waals surface area contributed by atoms with Crippen LogP contribution < -0.4 is 18.9 Å². The molecule has 0 fully saturated rings. The molecule has 0 aliphatic carbocycles. The number of nitrogens with one attached hydrogen (secondary N) is 1. The van der Waals surface area contributed by atoms with Gasteiger partial charge in [0.2, 0.25) is 0 Å². The number of hydrogen-bond donors (Lipinski definition) is 1. The smallest absolute Gasteiger partial charge is 0.282 e. The number of ether oxygens (including phenoxy) is 4. The highest BCUT2D eigenvalue weighted by atomic mass is 79.9. The molecule has 1 N–H and O–H groups in total. The molecular formula is C24H22BrN3O6. The Morgan fingerprint density at radius 2 is 1.79 bits per heavy atom. The summed E-state index contributed by atoms with van der Waals surface area (Å²) in [6.07, 6.45) is 3.17. The van der Waals surface area contributed by atoms with Gasteiger partial charge in [-0.05, 0) is 70.9 Å². The van der Waals surface area contributed by atoms with Crippen molar-refractivity contribution in [1.29, 1.82) is 5.41 Å². The molecule has 10 heteroatoms. The fraction of sp³-hybridized carbons (Fsp3) is 0.208. The summed E-state index contributed by atoms with van der Waals surface area (Å²) in [5, 5.41) is 9.57. The van der Waals surface area contributed by atoms with Crippen LogP contribution in [-0.4, -0.2) is 50.1 Å². The highest BCUT2D eigenvalue weighted by Gasteiger charge is 2.34. The van der Waals surface area contributed by atoms with E-state index in [4.69, 9.17) is 29.2 Å². The Morgan fingerprint density at radius 3 is 2.50 bits per heavy atom. The lowest BCUT2D eigenvalue weighted by Gasteiger charge is -2.23. The monoisotopic (exact) mass is 527 g/mol. The normalized spacial score (nSPS) is 16.0. The van der Waals surface area contributed by atoms with Gasteiger partial charge in [0, 0.05) is 6.08 Å². The second-order valence-corrected chi connectivity index (χ2v) is 8.08.